The molecule has 2 amide bonds. The van der Waals surface area contributed by atoms with Crippen molar-refractivity contribution >= 4 is 11.8 Å². The van der Waals surface area contributed by atoms with Crippen LogP contribution >= 0.6 is 0 Å². The summed E-state index contributed by atoms with van der Waals surface area (Å²) in [5.74, 6) is -0.397. The van der Waals surface area contributed by atoms with Crippen molar-refractivity contribution in [1.82, 2.24) is 5.32 Å². The lowest BCUT2D eigenvalue weighted by atomic mass is 10.0. The lowest BCUT2D eigenvalue weighted by molar-refractivity contribution is -0.133. The van der Waals surface area contributed by atoms with Gasteiger partial charge >= 0.3 is 0 Å². The van der Waals surface area contributed by atoms with Gasteiger partial charge in [0.25, 0.3) is 0 Å². The third-order valence-corrected chi connectivity index (χ3v) is 3.23. The van der Waals surface area contributed by atoms with E-state index >= 15 is 0 Å². The summed E-state index contributed by atoms with van der Waals surface area (Å²) in [5, 5.41) is 12.3. The van der Waals surface area contributed by atoms with Gasteiger partial charge in [-0.25, -0.2) is 0 Å². The number of carbonyl (C=O) groups is 2. The summed E-state index contributed by atoms with van der Waals surface area (Å²) in [6.45, 7) is 3.80. The summed E-state index contributed by atoms with van der Waals surface area (Å²) in [6, 6.07) is 6.29. The summed E-state index contributed by atoms with van der Waals surface area (Å²) in [7, 11) is 1.55. The molecular weight excluding hydrogens is 284 g/mol. The van der Waals surface area contributed by atoms with Crippen molar-refractivity contribution < 1.29 is 19.4 Å². The van der Waals surface area contributed by atoms with Gasteiger partial charge in [-0.15, -0.1) is 0 Å². The quantitative estimate of drug-likeness (QED) is 0.655. The number of rotatable bonds is 8. The molecule has 122 valence electrons. The van der Waals surface area contributed by atoms with Crippen LogP contribution in [0.1, 0.15) is 25.8 Å². The van der Waals surface area contributed by atoms with Crippen LogP contribution in [0.5, 0.6) is 5.75 Å². The molecule has 0 aromatic heterocycles. The molecule has 0 fully saturated rings. The molecule has 1 rings (SSSR count). The third kappa shape index (κ3) is 5.73. The van der Waals surface area contributed by atoms with Gasteiger partial charge in [-0.05, 0) is 30.0 Å². The minimum absolute atomic E-state index is 0.172. The van der Waals surface area contributed by atoms with E-state index in [1.54, 1.807) is 25.3 Å². The first-order valence-corrected chi connectivity index (χ1v) is 7.24. The standard InChI is InChI=1S/C16H24N2O4/c1-10(2)7-14(19)16(21)18-13(15(17)20)9-11-5-4-6-12(8-11)22-3/h4-6,8,10,13-14,19H,7,9H2,1-3H3,(H2,17,20)(H,18,21)/t13-,14+/m0/s1. The van der Waals surface area contributed by atoms with Gasteiger partial charge in [0, 0.05) is 6.42 Å². The highest BCUT2D eigenvalue weighted by molar-refractivity contribution is 5.88. The van der Waals surface area contributed by atoms with Gasteiger partial charge in [0.15, 0.2) is 0 Å². The zero-order chi connectivity index (χ0) is 16.7. The Morgan fingerprint density at radius 1 is 1.36 bits per heavy atom. The predicted molar refractivity (Wildman–Crippen MR) is 83.3 cm³/mol. The SMILES string of the molecule is COc1cccc(C[C@H](NC(=O)[C@H](O)CC(C)C)C(N)=O)c1. The fourth-order valence-corrected chi connectivity index (χ4v) is 2.08. The van der Waals surface area contributed by atoms with Gasteiger partial charge in [-0.3, -0.25) is 9.59 Å². The summed E-state index contributed by atoms with van der Waals surface area (Å²) < 4.78 is 5.12. The molecule has 0 radical (unpaired) electrons. The molecule has 0 saturated heterocycles. The Hall–Kier alpha value is -2.08. The zero-order valence-corrected chi connectivity index (χ0v) is 13.2. The molecule has 6 nitrogen and oxygen atoms in total. The highest BCUT2D eigenvalue weighted by Crippen LogP contribution is 2.14. The summed E-state index contributed by atoms with van der Waals surface area (Å²) in [5.41, 5.74) is 6.15. The average molecular weight is 308 g/mol. The number of amides is 2. The second kappa shape index (κ2) is 8.38. The van der Waals surface area contributed by atoms with Crippen molar-refractivity contribution in [2.24, 2.45) is 11.7 Å². The average Bonchev–Trinajstić information content (AvgIpc) is 2.45. The van der Waals surface area contributed by atoms with E-state index in [1.165, 1.54) is 0 Å². The zero-order valence-electron chi connectivity index (χ0n) is 13.2. The van der Waals surface area contributed by atoms with E-state index in [4.69, 9.17) is 10.5 Å². The summed E-state index contributed by atoms with van der Waals surface area (Å²) in [4.78, 5) is 23.4. The first-order valence-electron chi connectivity index (χ1n) is 7.24. The van der Waals surface area contributed by atoms with Crippen molar-refractivity contribution in [1.29, 1.82) is 0 Å². The fraction of sp³-hybridized carbons (Fsp3) is 0.500. The van der Waals surface area contributed by atoms with Gasteiger partial charge in [-0.2, -0.15) is 0 Å². The molecular formula is C16H24N2O4. The molecule has 0 saturated carbocycles. The number of hydrogen-bond donors (Lipinski definition) is 3. The summed E-state index contributed by atoms with van der Waals surface area (Å²) in [6.07, 6.45) is -0.574. The number of nitrogens with two attached hydrogens (primary N) is 1. The molecule has 0 aliphatic rings. The Labute approximate surface area is 130 Å². The van der Waals surface area contributed by atoms with Crippen LogP contribution in [0, 0.1) is 5.92 Å². The molecule has 4 N–H and O–H groups in total. The van der Waals surface area contributed by atoms with Crippen molar-refractivity contribution in [3.8, 4) is 5.75 Å². The van der Waals surface area contributed by atoms with Crippen molar-refractivity contribution in [3.63, 3.8) is 0 Å². The van der Waals surface area contributed by atoms with Crippen LogP contribution in [0.2, 0.25) is 0 Å². The Bertz CT molecular complexity index is 517. The molecule has 22 heavy (non-hydrogen) atoms. The number of aliphatic hydroxyl groups is 1. The molecule has 0 aliphatic carbocycles. The molecule has 2 atom stereocenters. The smallest absolute Gasteiger partial charge is 0.249 e. The fourth-order valence-electron chi connectivity index (χ4n) is 2.08. The number of primary amides is 1. The molecule has 0 bridgehead atoms. The van der Waals surface area contributed by atoms with E-state index in [9.17, 15) is 14.7 Å². The number of nitrogens with one attached hydrogen (secondary N) is 1. The normalized spacial score (nSPS) is 13.5. The number of hydrogen-bond acceptors (Lipinski definition) is 4. The van der Waals surface area contributed by atoms with Crippen LogP contribution in [0.25, 0.3) is 0 Å². The van der Waals surface area contributed by atoms with Gasteiger partial charge in [0.2, 0.25) is 11.8 Å². The van der Waals surface area contributed by atoms with Crippen molar-refractivity contribution in [2.45, 2.75) is 38.8 Å². The van der Waals surface area contributed by atoms with Crippen LogP contribution in [-0.4, -0.2) is 36.2 Å². The predicted octanol–water partition coefficient (Wildman–Crippen LogP) is 0.615. The van der Waals surface area contributed by atoms with E-state index in [-0.39, 0.29) is 12.3 Å². The Morgan fingerprint density at radius 2 is 2.05 bits per heavy atom. The highest BCUT2D eigenvalue weighted by atomic mass is 16.5. The molecule has 1 aromatic carbocycles. The maximum Gasteiger partial charge on any atom is 0.249 e. The maximum atomic E-state index is 11.9. The van der Waals surface area contributed by atoms with E-state index in [1.807, 2.05) is 19.9 Å². The van der Waals surface area contributed by atoms with Crippen molar-refractivity contribution in [3.05, 3.63) is 29.8 Å². The molecule has 0 unspecified atom stereocenters. The number of benzene rings is 1. The van der Waals surface area contributed by atoms with Crippen LogP contribution < -0.4 is 15.8 Å². The first kappa shape index (κ1) is 18.0. The first-order chi connectivity index (χ1) is 10.3. The third-order valence-electron chi connectivity index (χ3n) is 3.23. The Balaban J connectivity index is 2.73. The molecule has 6 heteroatoms. The second-order valence-electron chi connectivity index (χ2n) is 5.66. The highest BCUT2D eigenvalue weighted by Gasteiger charge is 2.23. The van der Waals surface area contributed by atoms with Gasteiger partial charge in [0.05, 0.1) is 7.11 Å². The molecule has 0 aliphatic heterocycles. The van der Waals surface area contributed by atoms with E-state index in [0.29, 0.717) is 12.2 Å². The van der Waals surface area contributed by atoms with Crippen LogP contribution in [0.3, 0.4) is 0 Å². The van der Waals surface area contributed by atoms with Gasteiger partial charge in [-0.1, -0.05) is 26.0 Å². The van der Waals surface area contributed by atoms with Crippen molar-refractivity contribution in [2.75, 3.05) is 7.11 Å². The minimum Gasteiger partial charge on any atom is -0.497 e. The number of methoxy groups -OCH3 is 1. The van der Waals surface area contributed by atoms with Gasteiger partial charge < -0.3 is 20.9 Å². The monoisotopic (exact) mass is 308 g/mol. The lowest BCUT2D eigenvalue weighted by Gasteiger charge is -2.19. The Kier molecular flexibility index (Phi) is 6.85. The van der Waals surface area contributed by atoms with E-state index in [2.05, 4.69) is 5.32 Å². The topological polar surface area (TPSA) is 102 Å². The van der Waals surface area contributed by atoms with Crippen LogP contribution in [0.15, 0.2) is 24.3 Å². The van der Waals surface area contributed by atoms with Crippen LogP contribution in [0.4, 0.5) is 0 Å². The van der Waals surface area contributed by atoms with E-state index < -0.39 is 24.0 Å². The number of carbonyl (C=O) groups excluding carboxylic acids is 2. The number of ether oxygens (including phenoxy) is 1. The van der Waals surface area contributed by atoms with Crippen LogP contribution in [-0.2, 0) is 16.0 Å². The summed E-state index contributed by atoms with van der Waals surface area (Å²) >= 11 is 0. The lowest BCUT2D eigenvalue weighted by Crippen LogP contribution is -2.49. The molecule has 0 heterocycles. The molecule has 0 spiro atoms. The largest absolute Gasteiger partial charge is 0.497 e. The number of aliphatic hydroxyl groups excluding tert-OH is 1. The molecule has 1 aromatic rings. The second-order valence-corrected chi connectivity index (χ2v) is 5.66. The van der Waals surface area contributed by atoms with E-state index in [0.717, 1.165) is 5.56 Å². The van der Waals surface area contributed by atoms with Gasteiger partial charge in [0.1, 0.15) is 17.9 Å². The maximum absolute atomic E-state index is 11.9. The Morgan fingerprint density at radius 3 is 2.59 bits per heavy atom. The minimum atomic E-state index is -1.15.